The van der Waals surface area contributed by atoms with Crippen LogP contribution in [0.4, 0.5) is 10.2 Å². The van der Waals surface area contributed by atoms with Crippen LogP contribution in [0.1, 0.15) is 64.5 Å². The maximum Gasteiger partial charge on any atom is 0.192 e. The summed E-state index contributed by atoms with van der Waals surface area (Å²) < 4.78 is 29.0. The Morgan fingerprint density at radius 2 is 1.74 bits per heavy atom. The molecule has 6 nitrogen and oxygen atoms in total. The first-order valence-electron chi connectivity index (χ1n) is 15.2. The zero-order chi connectivity index (χ0) is 30.1. The van der Waals surface area contributed by atoms with Gasteiger partial charge in [0.2, 0.25) is 0 Å². The summed E-state index contributed by atoms with van der Waals surface area (Å²) in [5, 5.41) is 9.98. The third-order valence-corrected chi connectivity index (χ3v) is 13.7. The van der Waals surface area contributed by atoms with Gasteiger partial charge < -0.3 is 14.5 Å². The van der Waals surface area contributed by atoms with Crippen LogP contribution >= 0.6 is 0 Å². The van der Waals surface area contributed by atoms with Gasteiger partial charge in [-0.2, -0.15) is 5.10 Å². The quantitative estimate of drug-likeness (QED) is 0.198. The number of anilines is 1. The summed E-state index contributed by atoms with van der Waals surface area (Å²) in [5.41, 5.74) is 4.35. The monoisotopic (exact) mass is 588 g/mol. The molecule has 224 valence electrons. The molecule has 2 aromatic carbocycles. The Kier molecular flexibility index (Phi) is 8.76. The zero-order valence-corrected chi connectivity index (χ0v) is 27.1. The van der Waals surface area contributed by atoms with Crippen molar-refractivity contribution in [2.75, 3.05) is 12.4 Å². The number of ether oxygens (including phenoxy) is 1. The molecule has 2 aromatic heterocycles. The van der Waals surface area contributed by atoms with Gasteiger partial charge in [-0.15, -0.1) is 0 Å². The van der Waals surface area contributed by atoms with Crippen LogP contribution in [0.5, 0.6) is 5.75 Å². The molecule has 2 heterocycles. The van der Waals surface area contributed by atoms with E-state index < -0.39 is 8.32 Å². The summed E-state index contributed by atoms with van der Waals surface area (Å²) in [6.07, 6.45) is 6.86. The van der Waals surface area contributed by atoms with Crippen LogP contribution in [-0.2, 0) is 17.4 Å². The van der Waals surface area contributed by atoms with Crippen LogP contribution in [0, 0.1) is 5.82 Å². The topological polar surface area (TPSA) is 61.2 Å². The first-order valence-corrected chi connectivity index (χ1v) is 18.1. The van der Waals surface area contributed by atoms with Gasteiger partial charge in [0, 0.05) is 18.3 Å². The third kappa shape index (κ3) is 6.39. The molecule has 0 unspecified atom stereocenters. The van der Waals surface area contributed by atoms with E-state index in [1.807, 2.05) is 54.1 Å². The molecule has 1 saturated carbocycles. The summed E-state index contributed by atoms with van der Waals surface area (Å²) in [6.45, 7) is 14.1. The number of halogens is 1. The van der Waals surface area contributed by atoms with Crippen LogP contribution in [0.15, 0.2) is 54.7 Å². The second-order valence-corrected chi connectivity index (χ2v) is 17.8. The molecule has 1 fully saturated rings. The third-order valence-electron chi connectivity index (χ3n) is 9.15. The molecule has 1 aliphatic rings. The summed E-state index contributed by atoms with van der Waals surface area (Å²) in [7, 11) is -0.135. The van der Waals surface area contributed by atoms with Crippen LogP contribution in [0.3, 0.4) is 0 Å². The van der Waals surface area contributed by atoms with E-state index in [1.54, 1.807) is 19.4 Å². The average Bonchev–Trinajstić information content (AvgIpc) is 3.30. The van der Waals surface area contributed by atoms with E-state index in [1.165, 1.54) is 0 Å². The van der Waals surface area contributed by atoms with Crippen LogP contribution in [0.25, 0.3) is 22.2 Å². The van der Waals surface area contributed by atoms with Crippen LogP contribution in [0.2, 0.25) is 18.1 Å². The maximum absolute atomic E-state index is 14.9. The molecular formula is C34H45FN4O2Si. The number of nitrogens with zero attached hydrogens (tertiary/aromatic N) is 3. The van der Waals surface area contributed by atoms with Gasteiger partial charge in [0.05, 0.1) is 19.0 Å². The highest BCUT2D eigenvalue weighted by atomic mass is 28.4. The molecule has 1 aliphatic carbocycles. The van der Waals surface area contributed by atoms with Crippen molar-refractivity contribution < 1.29 is 13.6 Å². The lowest BCUT2D eigenvalue weighted by Crippen LogP contribution is -2.45. The molecule has 1 N–H and O–H groups in total. The molecular weight excluding hydrogens is 543 g/mol. The number of aryl methyl sites for hydroxylation is 1. The highest BCUT2D eigenvalue weighted by molar-refractivity contribution is 6.74. The van der Waals surface area contributed by atoms with Gasteiger partial charge in [-0.3, -0.25) is 0 Å². The molecule has 0 aliphatic heterocycles. The fourth-order valence-electron chi connectivity index (χ4n) is 5.57. The number of methoxy groups -OCH3 is 1. The molecule has 0 radical (unpaired) electrons. The fourth-order valence-corrected chi connectivity index (χ4v) is 6.99. The van der Waals surface area contributed by atoms with E-state index in [4.69, 9.17) is 19.2 Å². The number of benzene rings is 2. The number of fused-ring (bicyclic) bond motifs is 1. The molecule has 42 heavy (non-hydrogen) atoms. The summed E-state index contributed by atoms with van der Waals surface area (Å²) >= 11 is 0. The number of hydrogen-bond acceptors (Lipinski definition) is 5. The SMILES string of the molecule is CCc1ccc(-c2ccnc3c2c(N[C@H]2CC[C@H](O[Si](C)(C)C(C)(C)C)CC2)nn3Cc2ccc(OC)cc2)cc1F. The molecule has 0 saturated heterocycles. The molecule has 0 spiro atoms. The molecule has 0 atom stereocenters. The molecule has 0 bridgehead atoms. The maximum atomic E-state index is 14.9. The van der Waals surface area contributed by atoms with Crippen molar-refractivity contribution in [3.05, 3.63) is 71.7 Å². The van der Waals surface area contributed by atoms with E-state index in [0.717, 1.165) is 65.0 Å². The van der Waals surface area contributed by atoms with Gasteiger partial charge in [-0.25, -0.2) is 14.1 Å². The number of rotatable bonds is 9. The molecule has 0 amide bonds. The first-order chi connectivity index (χ1) is 20.0. The van der Waals surface area contributed by atoms with E-state index >= 15 is 0 Å². The predicted octanol–water partition coefficient (Wildman–Crippen LogP) is 8.60. The highest BCUT2D eigenvalue weighted by Gasteiger charge is 2.40. The summed E-state index contributed by atoms with van der Waals surface area (Å²) in [5.74, 6) is 1.44. The van der Waals surface area contributed by atoms with Gasteiger partial charge in [-0.05, 0) is 96.8 Å². The fraction of sp³-hybridized carbons (Fsp3) is 0.471. The van der Waals surface area contributed by atoms with Crippen molar-refractivity contribution in [2.24, 2.45) is 0 Å². The average molecular weight is 589 g/mol. The van der Waals surface area contributed by atoms with Crippen LogP contribution < -0.4 is 10.1 Å². The van der Waals surface area contributed by atoms with Crippen molar-refractivity contribution in [2.45, 2.75) is 96.6 Å². The van der Waals surface area contributed by atoms with Crippen molar-refractivity contribution in [1.29, 1.82) is 0 Å². The Morgan fingerprint density at radius 3 is 2.36 bits per heavy atom. The normalized spacial score (nSPS) is 17.9. The molecule has 5 rings (SSSR count). The molecule has 4 aromatic rings. The number of aromatic nitrogens is 3. The van der Waals surface area contributed by atoms with Gasteiger partial charge in [0.25, 0.3) is 0 Å². The van der Waals surface area contributed by atoms with Crippen molar-refractivity contribution >= 4 is 25.2 Å². The standard InChI is InChI=1S/C34H45FN4O2Si/c1-8-24-11-12-25(21-30(24)35)29-19-20-36-33-31(29)32(38-39(33)22-23-9-15-27(40-5)16-10-23)37-26-13-17-28(18-14-26)41-42(6,7)34(2,3)4/h9-12,15-16,19-21,26,28H,8,13-14,17-18,22H2,1-7H3,(H,37,38)/t26-,28-. The van der Waals surface area contributed by atoms with Gasteiger partial charge in [0.1, 0.15) is 11.6 Å². The van der Waals surface area contributed by atoms with E-state index in [2.05, 4.69) is 39.2 Å². The van der Waals surface area contributed by atoms with Crippen molar-refractivity contribution in [1.82, 2.24) is 14.8 Å². The number of pyridine rings is 1. The Hall–Kier alpha value is -3.23. The zero-order valence-electron chi connectivity index (χ0n) is 26.1. The lowest BCUT2D eigenvalue weighted by atomic mass is 9.93. The lowest BCUT2D eigenvalue weighted by molar-refractivity contribution is 0.133. The Morgan fingerprint density at radius 1 is 1.02 bits per heavy atom. The second-order valence-electron chi connectivity index (χ2n) is 13.1. The predicted molar refractivity (Wildman–Crippen MR) is 172 cm³/mol. The van der Waals surface area contributed by atoms with Gasteiger partial charge >= 0.3 is 0 Å². The number of nitrogens with one attached hydrogen (secondary N) is 1. The Labute approximate surface area is 250 Å². The van der Waals surface area contributed by atoms with E-state index in [-0.39, 0.29) is 16.9 Å². The van der Waals surface area contributed by atoms with Gasteiger partial charge in [-0.1, -0.05) is 52.0 Å². The minimum absolute atomic E-state index is 0.180. The van der Waals surface area contributed by atoms with E-state index in [0.29, 0.717) is 24.6 Å². The first kappa shape index (κ1) is 30.2. The van der Waals surface area contributed by atoms with Gasteiger partial charge in [0.15, 0.2) is 19.8 Å². The lowest BCUT2D eigenvalue weighted by Gasteiger charge is -2.41. The minimum Gasteiger partial charge on any atom is -0.497 e. The summed E-state index contributed by atoms with van der Waals surface area (Å²) in [4.78, 5) is 4.77. The molecule has 8 heteroatoms. The van der Waals surface area contributed by atoms with Crippen molar-refractivity contribution in [3.8, 4) is 16.9 Å². The largest absolute Gasteiger partial charge is 0.497 e. The number of hydrogen-bond donors (Lipinski definition) is 1. The van der Waals surface area contributed by atoms with E-state index in [9.17, 15) is 4.39 Å². The Bertz CT molecular complexity index is 1520. The van der Waals surface area contributed by atoms with Crippen molar-refractivity contribution in [3.63, 3.8) is 0 Å². The second kappa shape index (κ2) is 12.2. The smallest absolute Gasteiger partial charge is 0.192 e. The Balaban J connectivity index is 1.45. The van der Waals surface area contributed by atoms with Crippen LogP contribution in [-0.4, -0.2) is 42.3 Å². The summed E-state index contributed by atoms with van der Waals surface area (Å²) in [6, 6.07) is 15.8. The highest BCUT2D eigenvalue weighted by Crippen LogP contribution is 2.40. The minimum atomic E-state index is -1.80.